The Kier molecular flexibility index (Phi) is 7.52. The Balaban J connectivity index is 1.77. The average molecular weight is 436 g/mol. The molecule has 0 bridgehead atoms. The van der Waals surface area contributed by atoms with Crippen LogP contribution in [0.2, 0.25) is 0 Å². The number of sulfonamides is 1. The van der Waals surface area contributed by atoms with E-state index in [2.05, 4.69) is 4.98 Å². The fraction of sp³-hybridized carbons (Fsp3) is 0.636. The van der Waals surface area contributed by atoms with Crippen molar-refractivity contribution in [2.45, 2.75) is 83.3 Å². The van der Waals surface area contributed by atoms with Crippen LogP contribution in [0.3, 0.4) is 0 Å². The first kappa shape index (κ1) is 22.7. The summed E-state index contributed by atoms with van der Waals surface area (Å²) in [4.78, 5) is 17.2. The zero-order valence-electron chi connectivity index (χ0n) is 18.3. The summed E-state index contributed by atoms with van der Waals surface area (Å²) in [5, 5.41) is 0. The van der Waals surface area contributed by atoms with Crippen molar-refractivity contribution in [2.24, 2.45) is 0 Å². The van der Waals surface area contributed by atoms with Gasteiger partial charge in [-0.25, -0.2) is 13.4 Å². The minimum Gasteiger partial charge on any atom is -0.462 e. The number of imidazole rings is 1. The molecule has 3 rings (SSSR count). The number of benzene rings is 1. The molecule has 1 aliphatic rings. The SMILES string of the molecule is CCN(CC)S(=O)(=O)c1ccc2c(c1)nc(CCC(=O)OC1CCCCC1)n2CC. The van der Waals surface area contributed by atoms with E-state index in [1.54, 1.807) is 12.1 Å². The molecule has 2 aromatic rings. The van der Waals surface area contributed by atoms with Gasteiger partial charge in [-0.05, 0) is 50.8 Å². The van der Waals surface area contributed by atoms with Gasteiger partial charge in [0, 0.05) is 26.1 Å². The average Bonchev–Trinajstić information content (AvgIpc) is 3.10. The van der Waals surface area contributed by atoms with Gasteiger partial charge in [0.05, 0.1) is 22.3 Å². The summed E-state index contributed by atoms with van der Waals surface area (Å²) >= 11 is 0. The topological polar surface area (TPSA) is 81.5 Å². The Hall–Kier alpha value is -1.93. The van der Waals surface area contributed by atoms with E-state index in [-0.39, 0.29) is 23.4 Å². The highest BCUT2D eigenvalue weighted by Gasteiger charge is 2.23. The van der Waals surface area contributed by atoms with Crippen LogP contribution in [-0.2, 0) is 32.5 Å². The zero-order chi connectivity index (χ0) is 21.7. The molecular formula is C22H33N3O4S. The van der Waals surface area contributed by atoms with Crippen LogP contribution in [0, 0.1) is 0 Å². The minimum atomic E-state index is -3.54. The number of ether oxygens (including phenoxy) is 1. The van der Waals surface area contributed by atoms with Gasteiger partial charge in [0.1, 0.15) is 11.9 Å². The van der Waals surface area contributed by atoms with Crippen LogP contribution < -0.4 is 0 Å². The molecule has 0 radical (unpaired) electrons. The molecule has 1 fully saturated rings. The molecule has 166 valence electrons. The largest absolute Gasteiger partial charge is 0.462 e. The molecule has 0 amide bonds. The predicted molar refractivity (Wildman–Crippen MR) is 117 cm³/mol. The normalized spacial score (nSPS) is 15.7. The van der Waals surface area contributed by atoms with Gasteiger partial charge >= 0.3 is 5.97 Å². The molecule has 0 N–H and O–H groups in total. The number of carbonyl (C=O) groups is 1. The molecule has 0 spiro atoms. The van der Waals surface area contributed by atoms with E-state index in [4.69, 9.17) is 4.74 Å². The van der Waals surface area contributed by atoms with Gasteiger partial charge in [0.2, 0.25) is 10.0 Å². The van der Waals surface area contributed by atoms with E-state index in [1.807, 2.05) is 31.4 Å². The third-order valence-corrected chi connectivity index (χ3v) is 7.91. The highest BCUT2D eigenvalue weighted by Crippen LogP contribution is 2.24. The van der Waals surface area contributed by atoms with Crippen LogP contribution >= 0.6 is 0 Å². The molecular weight excluding hydrogens is 402 g/mol. The number of esters is 1. The van der Waals surface area contributed by atoms with Gasteiger partial charge in [0.15, 0.2) is 0 Å². The second kappa shape index (κ2) is 9.92. The molecule has 0 unspecified atom stereocenters. The quantitative estimate of drug-likeness (QED) is 0.558. The summed E-state index contributed by atoms with van der Waals surface area (Å²) in [6, 6.07) is 5.09. The lowest BCUT2D eigenvalue weighted by atomic mass is 9.98. The van der Waals surface area contributed by atoms with Crippen LogP contribution in [0.25, 0.3) is 11.0 Å². The smallest absolute Gasteiger partial charge is 0.306 e. The van der Waals surface area contributed by atoms with Crippen molar-refractivity contribution >= 4 is 27.0 Å². The van der Waals surface area contributed by atoms with E-state index in [9.17, 15) is 13.2 Å². The lowest BCUT2D eigenvalue weighted by Crippen LogP contribution is -2.30. The highest BCUT2D eigenvalue weighted by atomic mass is 32.2. The van der Waals surface area contributed by atoms with E-state index < -0.39 is 10.0 Å². The number of rotatable bonds is 9. The number of fused-ring (bicyclic) bond motifs is 1. The first-order valence-electron chi connectivity index (χ1n) is 11.1. The summed E-state index contributed by atoms with van der Waals surface area (Å²) in [5.41, 5.74) is 1.52. The molecule has 0 atom stereocenters. The second-order valence-electron chi connectivity index (χ2n) is 7.76. The van der Waals surface area contributed by atoms with Crippen molar-refractivity contribution in [3.63, 3.8) is 0 Å². The van der Waals surface area contributed by atoms with E-state index in [0.717, 1.165) is 37.0 Å². The van der Waals surface area contributed by atoms with Crippen molar-refractivity contribution in [2.75, 3.05) is 13.1 Å². The van der Waals surface area contributed by atoms with Crippen LogP contribution in [0.4, 0.5) is 0 Å². The van der Waals surface area contributed by atoms with Gasteiger partial charge < -0.3 is 9.30 Å². The number of aromatic nitrogens is 2. The Morgan fingerprint density at radius 3 is 2.50 bits per heavy atom. The fourth-order valence-corrected chi connectivity index (χ4v) is 5.70. The first-order chi connectivity index (χ1) is 14.4. The molecule has 1 aliphatic carbocycles. The molecule has 1 aromatic carbocycles. The summed E-state index contributed by atoms with van der Waals surface area (Å²) < 4.78 is 34.8. The van der Waals surface area contributed by atoms with Gasteiger partial charge in [-0.1, -0.05) is 20.3 Å². The van der Waals surface area contributed by atoms with Crippen molar-refractivity contribution in [3.05, 3.63) is 24.0 Å². The van der Waals surface area contributed by atoms with Gasteiger partial charge in [-0.2, -0.15) is 4.31 Å². The summed E-state index contributed by atoms with van der Waals surface area (Å²) in [7, 11) is -3.54. The Labute approximate surface area is 179 Å². The first-order valence-corrected chi connectivity index (χ1v) is 12.5. The third-order valence-electron chi connectivity index (χ3n) is 5.86. The summed E-state index contributed by atoms with van der Waals surface area (Å²) in [5.74, 6) is 0.604. The Bertz CT molecular complexity index is 974. The number of hydrogen-bond acceptors (Lipinski definition) is 5. The van der Waals surface area contributed by atoms with Crippen LogP contribution in [-0.4, -0.2) is 47.4 Å². The molecule has 1 heterocycles. The van der Waals surface area contributed by atoms with Gasteiger partial charge in [-0.15, -0.1) is 0 Å². The lowest BCUT2D eigenvalue weighted by molar-refractivity contribution is -0.150. The predicted octanol–water partition coefficient (Wildman–Crippen LogP) is 3.90. The molecule has 0 saturated heterocycles. The van der Waals surface area contributed by atoms with Gasteiger partial charge in [0.25, 0.3) is 0 Å². The maximum atomic E-state index is 12.8. The van der Waals surface area contributed by atoms with Crippen molar-refractivity contribution in [3.8, 4) is 0 Å². The Morgan fingerprint density at radius 2 is 1.87 bits per heavy atom. The van der Waals surface area contributed by atoms with Gasteiger partial charge in [-0.3, -0.25) is 4.79 Å². The number of carbonyl (C=O) groups excluding carboxylic acids is 1. The minimum absolute atomic E-state index is 0.0593. The maximum absolute atomic E-state index is 12.8. The highest BCUT2D eigenvalue weighted by molar-refractivity contribution is 7.89. The summed E-state index contributed by atoms with van der Waals surface area (Å²) in [6.45, 7) is 7.23. The summed E-state index contributed by atoms with van der Waals surface area (Å²) in [6.07, 6.45) is 6.22. The molecule has 30 heavy (non-hydrogen) atoms. The van der Waals surface area contributed by atoms with Crippen LogP contribution in [0.5, 0.6) is 0 Å². The van der Waals surface area contributed by atoms with Crippen molar-refractivity contribution in [1.29, 1.82) is 0 Å². The molecule has 7 nitrogen and oxygen atoms in total. The number of hydrogen-bond donors (Lipinski definition) is 0. The maximum Gasteiger partial charge on any atom is 0.306 e. The molecule has 8 heteroatoms. The van der Waals surface area contributed by atoms with E-state index in [0.29, 0.717) is 31.6 Å². The fourth-order valence-electron chi connectivity index (χ4n) is 4.22. The second-order valence-corrected chi connectivity index (χ2v) is 9.70. The molecule has 0 aliphatic heterocycles. The lowest BCUT2D eigenvalue weighted by Gasteiger charge is -2.21. The van der Waals surface area contributed by atoms with Crippen molar-refractivity contribution in [1.82, 2.24) is 13.9 Å². The third kappa shape index (κ3) is 4.86. The molecule has 1 saturated carbocycles. The van der Waals surface area contributed by atoms with Crippen molar-refractivity contribution < 1.29 is 17.9 Å². The van der Waals surface area contributed by atoms with Crippen LogP contribution in [0.1, 0.15) is 65.1 Å². The number of aryl methyl sites for hydroxylation is 2. The van der Waals surface area contributed by atoms with E-state index >= 15 is 0 Å². The van der Waals surface area contributed by atoms with Crippen LogP contribution in [0.15, 0.2) is 23.1 Å². The van der Waals surface area contributed by atoms with E-state index in [1.165, 1.54) is 10.7 Å². The standard InChI is InChI=1S/C22H33N3O4S/c1-4-24(5-2)30(27,28)18-12-13-20-19(16-18)23-21(25(20)6-3)14-15-22(26)29-17-10-8-7-9-11-17/h12-13,16-17H,4-11,14-15H2,1-3H3. The zero-order valence-corrected chi connectivity index (χ0v) is 19.1. The molecule has 1 aromatic heterocycles. The Morgan fingerprint density at radius 1 is 1.17 bits per heavy atom. The monoisotopic (exact) mass is 435 g/mol. The number of nitrogens with zero attached hydrogens (tertiary/aromatic N) is 3.